The number of benzene rings is 1. The van der Waals surface area contributed by atoms with Gasteiger partial charge in [0, 0.05) is 5.02 Å². The van der Waals surface area contributed by atoms with Crippen molar-refractivity contribution < 1.29 is 23.6 Å². The van der Waals surface area contributed by atoms with E-state index in [0.29, 0.717) is 15.8 Å². The van der Waals surface area contributed by atoms with Gasteiger partial charge in [0.1, 0.15) is 23.9 Å². The minimum Gasteiger partial charge on any atom is -0.488 e. The largest absolute Gasteiger partial charge is 0.488 e. The van der Waals surface area contributed by atoms with Gasteiger partial charge >= 0.3 is 11.9 Å². The highest BCUT2D eigenvalue weighted by molar-refractivity contribution is 6.35. The maximum atomic E-state index is 11.6. The Morgan fingerprint density at radius 3 is 2.64 bits per heavy atom. The van der Waals surface area contributed by atoms with Gasteiger partial charge in [0.2, 0.25) is 5.76 Å². The molecule has 0 radical (unpaired) electrons. The summed E-state index contributed by atoms with van der Waals surface area (Å²) in [4.78, 5) is 21.2. The van der Waals surface area contributed by atoms with Crippen LogP contribution in [0, 0.1) is 10.1 Å². The van der Waals surface area contributed by atoms with Crippen LogP contribution in [0.2, 0.25) is 10.0 Å². The molecule has 116 valence electrons. The Morgan fingerprint density at radius 2 is 2.00 bits per heavy atom. The Kier molecular flexibility index (Phi) is 5.24. The van der Waals surface area contributed by atoms with Crippen LogP contribution in [0.25, 0.3) is 0 Å². The molecule has 22 heavy (non-hydrogen) atoms. The van der Waals surface area contributed by atoms with Crippen LogP contribution in [0.1, 0.15) is 10.6 Å². The summed E-state index contributed by atoms with van der Waals surface area (Å²) in [7, 11) is 0. The number of hydrogen-bond donors (Lipinski definition) is 0. The van der Waals surface area contributed by atoms with E-state index in [4.69, 9.17) is 37.1 Å². The van der Waals surface area contributed by atoms with E-state index in [-0.39, 0.29) is 19.0 Å². The van der Waals surface area contributed by atoms with Crippen molar-refractivity contribution in [3.05, 3.63) is 56.3 Å². The van der Waals surface area contributed by atoms with E-state index in [9.17, 15) is 14.9 Å². The van der Waals surface area contributed by atoms with Gasteiger partial charge in [0.25, 0.3) is 0 Å². The first-order valence-electron chi connectivity index (χ1n) is 5.96. The molecule has 1 aromatic heterocycles. The summed E-state index contributed by atoms with van der Waals surface area (Å²) in [5.41, 5.74) is 0. The predicted octanol–water partition coefficient (Wildman–Crippen LogP) is 3.73. The number of rotatable bonds is 6. The molecule has 0 bridgehead atoms. The quantitative estimate of drug-likeness (QED) is 0.342. The summed E-state index contributed by atoms with van der Waals surface area (Å²) >= 11 is 11.6. The van der Waals surface area contributed by atoms with E-state index in [1.165, 1.54) is 6.07 Å². The van der Waals surface area contributed by atoms with Gasteiger partial charge in [-0.2, -0.15) is 0 Å². The molecule has 0 saturated carbocycles. The van der Waals surface area contributed by atoms with Gasteiger partial charge in [-0.05, 0) is 24.3 Å². The van der Waals surface area contributed by atoms with Crippen LogP contribution in [0.4, 0.5) is 5.88 Å². The van der Waals surface area contributed by atoms with Crippen LogP contribution in [-0.2, 0) is 4.74 Å². The maximum Gasteiger partial charge on any atom is 0.433 e. The Labute approximate surface area is 134 Å². The third-order valence-electron chi connectivity index (χ3n) is 2.44. The zero-order chi connectivity index (χ0) is 16.1. The molecule has 0 aliphatic heterocycles. The maximum absolute atomic E-state index is 11.6. The normalized spacial score (nSPS) is 10.3. The van der Waals surface area contributed by atoms with Gasteiger partial charge in [-0.1, -0.05) is 23.2 Å². The Hall–Kier alpha value is -2.25. The summed E-state index contributed by atoms with van der Waals surface area (Å²) in [6.07, 6.45) is 0. The highest BCUT2D eigenvalue weighted by Gasteiger charge is 2.18. The number of esters is 1. The molecule has 1 heterocycles. The van der Waals surface area contributed by atoms with Gasteiger partial charge in [0.05, 0.1) is 11.1 Å². The summed E-state index contributed by atoms with van der Waals surface area (Å²) in [6, 6.07) is 6.95. The number of furan rings is 1. The second-order valence-electron chi connectivity index (χ2n) is 3.95. The average molecular weight is 346 g/mol. The molecule has 0 unspecified atom stereocenters. The number of ether oxygens (including phenoxy) is 2. The number of carbonyl (C=O) groups excluding carboxylic acids is 1. The zero-order valence-corrected chi connectivity index (χ0v) is 12.5. The molecule has 0 saturated heterocycles. The molecule has 2 rings (SSSR count). The summed E-state index contributed by atoms with van der Waals surface area (Å²) in [5, 5.41) is 11.2. The van der Waals surface area contributed by atoms with E-state index in [2.05, 4.69) is 0 Å². The fourth-order valence-corrected chi connectivity index (χ4v) is 1.95. The van der Waals surface area contributed by atoms with Crippen molar-refractivity contribution in [2.45, 2.75) is 0 Å². The van der Waals surface area contributed by atoms with E-state index < -0.39 is 16.8 Å². The summed E-state index contributed by atoms with van der Waals surface area (Å²) < 4.78 is 14.9. The molecule has 0 spiro atoms. The monoisotopic (exact) mass is 345 g/mol. The van der Waals surface area contributed by atoms with Crippen molar-refractivity contribution in [3.63, 3.8) is 0 Å². The number of halogens is 2. The molecule has 0 aliphatic carbocycles. The third kappa shape index (κ3) is 4.12. The molecular weight excluding hydrogens is 337 g/mol. The first-order chi connectivity index (χ1) is 10.5. The summed E-state index contributed by atoms with van der Waals surface area (Å²) in [5.74, 6) is -1.21. The molecule has 0 fully saturated rings. The Balaban J connectivity index is 1.80. The first-order valence-corrected chi connectivity index (χ1v) is 6.72. The Morgan fingerprint density at radius 1 is 1.23 bits per heavy atom. The molecule has 0 aliphatic rings. The standard InChI is InChI=1S/C13H9Cl2NO6/c14-8-1-2-10(9(15)7-8)20-5-6-21-13(17)11-3-4-12(22-11)16(18)19/h1-4,7H,5-6H2. The number of hydrogen-bond acceptors (Lipinski definition) is 6. The van der Waals surface area contributed by atoms with Crippen molar-refractivity contribution in [1.82, 2.24) is 0 Å². The lowest BCUT2D eigenvalue weighted by atomic mass is 10.3. The molecule has 7 nitrogen and oxygen atoms in total. The highest BCUT2D eigenvalue weighted by Crippen LogP contribution is 2.27. The van der Waals surface area contributed by atoms with Gasteiger partial charge in [-0.15, -0.1) is 0 Å². The van der Waals surface area contributed by atoms with Crippen molar-refractivity contribution in [1.29, 1.82) is 0 Å². The second kappa shape index (κ2) is 7.15. The minimum atomic E-state index is -0.820. The van der Waals surface area contributed by atoms with Crippen molar-refractivity contribution in [2.24, 2.45) is 0 Å². The third-order valence-corrected chi connectivity index (χ3v) is 2.97. The van der Waals surface area contributed by atoms with Crippen molar-refractivity contribution in [2.75, 3.05) is 13.2 Å². The lowest BCUT2D eigenvalue weighted by Gasteiger charge is -2.08. The van der Waals surface area contributed by atoms with Gasteiger partial charge in [0.15, 0.2) is 0 Å². The predicted molar refractivity (Wildman–Crippen MR) is 77.6 cm³/mol. The van der Waals surface area contributed by atoms with Crippen LogP contribution in [0.5, 0.6) is 5.75 Å². The van der Waals surface area contributed by atoms with Crippen molar-refractivity contribution in [3.8, 4) is 5.75 Å². The minimum absolute atomic E-state index is 0.0515. The lowest BCUT2D eigenvalue weighted by Crippen LogP contribution is -2.12. The van der Waals surface area contributed by atoms with Crippen LogP contribution in [0.15, 0.2) is 34.7 Å². The Bertz CT molecular complexity index is 700. The van der Waals surface area contributed by atoms with Crippen LogP contribution in [-0.4, -0.2) is 24.1 Å². The fourth-order valence-electron chi connectivity index (χ4n) is 1.48. The van der Waals surface area contributed by atoms with Crippen molar-refractivity contribution >= 4 is 35.1 Å². The molecule has 0 N–H and O–H groups in total. The van der Waals surface area contributed by atoms with E-state index in [1.807, 2.05) is 0 Å². The molecular formula is C13H9Cl2NO6. The molecule has 2 aromatic rings. The first kappa shape index (κ1) is 16.1. The van der Waals surface area contributed by atoms with Crippen LogP contribution in [0.3, 0.4) is 0 Å². The van der Waals surface area contributed by atoms with Crippen LogP contribution >= 0.6 is 23.2 Å². The van der Waals surface area contributed by atoms with Crippen LogP contribution < -0.4 is 4.74 Å². The topological polar surface area (TPSA) is 91.8 Å². The molecule has 1 aromatic carbocycles. The number of carbonyl (C=O) groups is 1. The lowest BCUT2D eigenvalue weighted by molar-refractivity contribution is -0.402. The van der Waals surface area contributed by atoms with Gasteiger partial charge < -0.3 is 13.9 Å². The summed E-state index contributed by atoms with van der Waals surface area (Å²) in [6.45, 7) is -0.0256. The van der Waals surface area contributed by atoms with E-state index >= 15 is 0 Å². The number of nitro groups is 1. The SMILES string of the molecule is O=C(OCCOc1ccc(Cl)cc1Cl)c1ccc([N+](=O)[O-])o1. The second-order valence-corrected chi connectivity index (χ2v) is 4.80. The number of nitrogens with zero attached hydrogens (tertiary/aromatic N) is 1. The van der Waals surface area contributed by atoms with E-state index in [1.54, 1.807) is 12.1 Å². The van der Waals surface area contributed by atoms with E-state index in [0.717, 1.165) is 12.1 Å². The highest BCUT2D eigenvalue weighted by atomic mass is 35.5. The fraction of sp³-hybridized carbons (Fsp3) is 0.154. The van der Waals surface area contributed by atoms with Gasteiger partial charge in [-0.3, -0.25) is 10.1 Å². The molecule has 9 heteroatoms. The molecule has 0 amide bonds. The van der Waals surface area contributed by atoms with Gasteiger partial charge in [-0.25, -0.2) is 4.79 Å². The zero-order valence-electron chi connectivity index (χ0n) is 11.0. The average Bonchev–Trinajstić information content (AvgIpc) is 2.95. The smallest absolute Gasteiger partial charge is 0.433 e. The molecule has 0 atom stereocenters.